The smallest absolute Gasteiger partial charge is 0.339 e. The first-order valence-corrected chi connectivity index (χ1v) is 22.6. The maximum atomic E-state index is 13.0. The molecule has 34 heteroatoms. The van der Waals surface area contributed by atoms with Crippen molar-refractivity contribution < 1.29 is 113 Å². The Labute approximate surface area is 329 Å². The minimum Gasteiger partial charge on any atom is -0.339 e. The second-order valence-corrected chi connectivity index (χ2v) is 17.7. The molecule has 0 aliphatic rings. The van der Waals surface area contributed by atoms with Crippen LogP contribution in [-0.4, -0.2) is 140 Å². The number of amides is 2. The second-order valence-electron chi connectivity index (χ2n) is 11.2. The zero-order valence-corrected chi connectivity index (χ0v) is 33.2. The van der Waals surface area contributed by atoms with E-state index in [2.05, 4.69) is 25.1 Å². The van der Waals surface area contributed by atoms with E-state index in [4.69, 9.17) is 27.3 Å². The fraction of sp³-hybridized carbons (Fsp3) is 0.333. The molecule has 328 valence electrons. The van der Waals surface area contributed by atoms with Gasteiger partial charge >= 0.3 is 62.4 Å². The van der Waals surface area contributed by atoms with Gasteiger partial charge in [0.1, 0.15) is 11.1 Å². The average molecular weight is 955 g/mol. The molecule has 0 unspecified atom stereocenters. The normalized spacial score (nSPS) is 13.7. The number of carbonyl (C=O) groups is 2. The van der Waals surface area contributed by atoms with E-state index in [1.807, 2.05) is 10.6 Å². The van der Waals surface area contributed by atoms with Crippen molar-refractivity contribution in [3.05, 3.63) is 70.8 Å². The van der Waals surface area contributed by atoms with Gasteiger partial charge in [-0.15, -0.1) is 0 Å². The number of benzene rings is 2. The van der Waals surface area contributed by atoms with Gasteiger partial charge in [-0.25, -0.2) is 25.1 Å². The summed E-state index contributed by atoms with van der Waals surface area (Å²) < 4.78 is 213. The molecule has 0 bridgehead atoms. The van der Waals surface area contributed by atoms with E-state index in [1.165, 1.54) is 36.4 Å². The van der Waals surface area contributed by atoms with Crippen LogP contribution >= 0.6 is 0 Å². The summed E-state index contributed by atoms with van der Waals surface area (Å²) in [6.07, 6.45) is 2.88. The molecule has 2 amide bonds. The summed E-state index contributed by atoms with van der Waals surface area (Å²) >= 11 is 0. The zero-order chi connectivity index (χ0) is 44.4. The van der Waals surface area contributed by atoms with Crippen molar-refractivity contribution >= 4 is 86.4 Å². The number of nitrogens with one attached hydrogen (secondary N) is 2. The van der Waals surface area contributed by atoms with Crippen LogP contribution in [0.5, 0.6) is 0 Å². The largest absolute Gasteiger partial charge is 0.397 e. The lowest BCUT2D eigenvalue weighted by Gasteiger charge is -2.32. The fourth-order valence-electron chi connectivity index (χ4n) is 3.90. The highest BCUT2D eigenvalue weighted by Crippen LogP contribution is 2.18. The molecule has 0 saturated heterocycles. The summed E-state index contributed by atoms with van der Waals surface area (Å²) in [5.41, 5.74) is -5.13. The van der Waals surface area contributed by atoms with Crippen LogP contribution in [0.4, 0.5) is 0 Å². The molecule has 0 spiro atoms. The van der Waals surface area contributed by atoms with Gasteiger partial charge in [-0.1, -0.05) is 36.4 Å². The molecule has 8 N–H and O–H groups in total. The highest BCUT2D eigenvalue weighted by atomic mass is 32.3. The third-order valence-electron chi connectivity index (χ3n) is 6.48. The number of carbonyl (C=O) groups excluding carboxylic acids is 2. The third kappa shape index (κ3) is 20.9. The van der Waals surface area contributed by atoms with Crippen molar-refractivity contribution in [1.82, 2.24) is 10.6 Å². The molecule has 58 heavy (non-hydrogen) atoms. The monoisotopic (exact) mass is 954 g/mol. The predicted octanol–water partition coefficient (Wildman–Crippen LogP) is -2.29. The molecule has 2 rings (SSSR count). The van der Waals surface area contributed by atoms with Crippen LogP contribution in [0.3, 0.4) is 0 Å². The fourth-order valence-corrected chi connectivity index (χ4v) is 6.15. The molecule has 0 heterocycles. The van der Waals surface area contributed by atoms with Crippen LogP contribution in [0.2, 0.25) is 0 Å². The SMILES string of the molecule is O=C(NC(COS(=O)(=O)O)(COS(=O)(=O)O)COS(=O)(=O)O)c1ccc(/C=C\c2ccc(C(=O)NC(COS(=O)(=O)O)(COS(=O)(=O)O)COS(=O)(=O)O)cc2)cc1. The zero-order valence-electron chi connectivity index (χ0n) is 28.3. The molecule has 28 nitrogen and oxygen atoms in total. The van der Waals surface area contributed by atoms with E-state index >= 15 is 0 Å². The van der Waals surface area contributed by atoms with Crippen LogP contribution in [0.25, 0.3) is 12.2 Å². The number of hydrogen-bond acceptors (Lipinski definition) is 20. The first-order chi connectivity index (χ1) is 26.2. The first kappa shape index (κ1) is 50.5. The summed E-state index contributed by atoms with van der Waals surface area (Å²) in [6, 6.07) is 9.79. The van der Waals surface area contributed by atoms with Crippen molar-refractivity contribution in [1.29, 1.82) is 0 Å². The van der Waals surface area contributed by atoms with E-state index in [0.717, 1.165) is 24.3 Å². The van der Waals surface area contributed by atoms with Crippen LogP contribution < -0.4 is 10.6 Å². The van der Waals surface area contributed by atoms with Gasteiger partial charge < -0.3 is 10.6 Å². The molecule has 2 aromatic rings. The minimum atomic E-state index is -5.34. The van der Waals surface area contributed by atoms with E-state index in [0.29, 0.717) is 11.1 Å². The Kier molecular flexibility index (Phi) is 17.1. The maximum Gasteiger partial charge on any atom is 0.397 e. The highest BCUT2D eigenvalue weighted by molar-refractivity contribution is 7.82. The van der Waals surface area contributed by atoms with Crippen LogP contribution in [-0.2, 0) is 87.5 Å². The van der Waals surface area contributed by atoms with Gasteiger partial charge in [-0.05, 0) is 35.4 Å². The van der Waals surface area contributed by atoms with E-state index < -0.39 is 125 Å². The van der Waals surface area contributed by atoms with Crippen LogP contribution in [0, 0.1) is 0 Å². The van der Waals surface area contributed by atoms with Crippen molar-refractivity contribution in [2.24, 2.45) is 0 Å². The Morgan fingerprint density at radius 1 is 0.414 bits per heavy atom. The Morgan fingerprint density at radius 3 is 0.776 bits per heavy atom. The second kappa shape index (κ2) is 19.6. The van der Waals surface area contributed by atoms with Crippen molar-refractivity contribution in [2.45, 2.75) is 11.1 Å². The molecule has 0 aliphatic carbocycles. The van der Waals surface area contributed by atoms with E-state index in [-0.39, 0.29) is 11.1 Å². The summed E-state index contributed by atoms with van der Waals surface area (Å²) in [7, 11) is -32.0. The molecule has 0 atom stereocenters. The first-order valence-electron chi connectivity index (χ1n) is 14.4. The quantitative estimate of drug-likeness (QED) is 0.0405. The minimum absolute atomic E-state index is 0.274. The number of rotatable bonds is 24. The van der Waals surface area contributed by atoms with E-state index in [1.54, 1.807) is 0 Å². The average Bonchev–Trinajstić information content (AvgIpc) is 3.07. The third-order valence-corrected chi connectivity index (χ3v) is 8.97. The molecule has 0 saturated carbocycles. The molecule has 2 aromatic carbocycles. The standard InChI is InChI=1S/C24H30N2O26S6/c27-21(25-23(11-47-53(29,30)31,12-48-54(32,33)34)13-49-55(35,36)37)19-7-3-17(4-8-19)1-2-18-5-9-20(10-6-18)22(28)26-24(14-50-56(38,39)40,15-51-57(41,42)43)16-52-58(44,45)46/h1-10H,11-16H2,(H,25,27)(H,26,28)(H,29,30,31)(H,32,33,34)(H,35,36,37)(H,38,39,40)(H,41,42,43)(H,44,45,46)/b2-1-. The lowest BCUT2D eigenvalue weighted by Crippen LogP contribution is -2.59. The Balaban J connectivity index is 2.32. The van der Waals surface area contributed by atoms with Gasteiger partial charge in [0.05, 0.1) is 39.6 Å². The van der Waals surface area contributed by atoms with Gasteiger partial charge in [0, 0.05) is 11.1 Å². The molecule has 0 aliphatic heterocycles. The molecule has 0 fully saturated rings. The Morgan fingerprint density at radius 2 is 0.603 bits per heavy atom. The van der Waals surface area contributed by atoms with Gasteiger partial charge in [0.25, 0.3) is 11.8 Å². The van der Waals surface area contributed by atoms with Gasteiger partial charge in [0.2, 0.25) is 0 Å². The summed E-state index contributed by atoms with van der Waals surface area (Å²) in [4.78, 5) is 26.1. The van der Waals surface area contributed by atoms with Crippen LogP contribution in [0.15, 0.2) is 48.5 Å². The van der Waals surface area contributed by atoms with Crippen molar-refractivity contribution in [2.75, 3.05) is 39.6 Å². The topological polar surface area (TPSA) is 440 Å². The molecule has 0 radical (unpaired) electrons. The Bertz CT molecular complexity index is 2130. The van der Waals surface area contributed by atoms with E-state index in [9.17, 15) is 60.1 Å². The van der Waals surface area contributed by atoms with Crippen LogP contribution in [0.1, 0.15) is 31.8 Å². The molecular formula is C24H30N2O26S6. The van der Waals surface area contributed by atoms with Crippen molar-refractivity contribution in [3.8, 4) is 0 Å². The summed E-state index contributed by atoms with van der Waals surface area (Å²) in [5.74, 6) is -2.41. The molecular weight excluding hydrogens is 925 g/mol. The van der Waals surface area contributed by atoms with Gasteiger partial charge in [-0.2, -0.15) is 50.5 Å². The lowest BCUT2D eigenvalue weighted by molar-refractivity contribution is 0.0516. The lowest BCUT2D eigenvalue weighted by atomic mass is 10.0. The predicted molar refractivity (Wildman–Crippen MR) is 187 cm³/mol. The molecule has 0 aromatic heterocycles. The summed E-state index contributed by atoms with van der Waals surface area (Å²) in [6.45, 7) is -8.84. The van der Waals surface area contributed by atoms with Crippen molar-refractivity contribution in [3.63, 3.8) is 0 Å². The highest BCUT2D eigenvalue weighted by Gasteiger charge is 2.40. The van der Waals surface area contributed by atoms with Gasteiger partial charge in [0.15, 0.2) is 0 Å². The Hall–Kier alpha value is -3.66. The number of hydrogen-bond donors (Lipinski definition) is 8. The maximum absolute atomic E-state index is 13.0. The van der Waals surface area contributed by atoms with Gasteiger partial charge in [-0.3, -0.25) is 36.9 Å². The summed E-state index contributed by atoms with van der Waals surface area (Å²) in [5, 5.41) is 3.97.